The largest absolute Gasteiger partial charge is 0.327 e. The Morgan fingerprint density at radius 1 is 0.700 bits per heavy atom. The van der Waals surface area contributed by atoms with Crippen molar-refractivity contribution >= 4 is 12.4 Å². The Kier molecular flexibility index (Phi) is 16.0. The maximum atomic E-state index is 6.17. The first-order valence-electron chi connectivity index (χ1n) is 8.74. The summed E-state index contributed by atoms with van der Waals surface area (Å²) in [7, 11) is 0. The molecule has 0 aromatic rings. The summed E-state index contributed by atoms with van der Waals surface area (Å²) in [6, 6.07) is 0.367. The second-order valence-corrected chi connectivity index (χ2v) is 7.30. The average molecular weight is 306 g/mol. The topological polar surface area (TPSA) is 26.0 Å². The van der Waals surface area contributed by atoms with Gasteiger partial charge < -0.3 is 5.73 Å². The van der Waals surface area contributed by atoms with Crippen molar-refractivity contribution in [3.63, 3.8) is 0 Å². The van der Waals surface area contributed by atoms with Crippen LogP contribution in [0.1, 0.15) is 105 Å². The van der Waals surface area contributed by atoms with E-state index in [0.717, 1.165) is 0 Å². The van der Waals surface area contributed by atoms with E-state index in [-0.39, 0.29) is 17.8 Å². The lowest BCUT2D eigenvalue weighted by Crippen LogP contribution is -2.34. The molecular weight excluding hydrogens is 266 g/mol. The number of rotatable bonds is 12. The molecule has 2 heteroatoms. The Morgan fingerprint density at radius 2 is 1.05 bits per heavy atom. The number of hydrogen-bond donors (Lipinski definition) is 1. The van der Waals surface area contributed by atoms with Crippen LogP contribution < -0.4 is 5.73 Å². The molecule has 20 heavy (non-hydrogen) atoms. The molecule has 124 valence electrons. The summed E-state index contributed by atoms with van der Waals surface area (Å²) in [6.45, 7) is 9.02. The number of hydrogen-bond acceptors (Lipinski definition) is 1. The van der Waals surface area contributed by atoms with Crippen LogP contribution >= 0.6 is 12.4 Å². The highest BCUT2D eigenvalue weighted by molar-refractivity contribution is 5.85. The number of halogens is 1. The minimum Gasteiger partial charge on any atom is -0.327 e. The van der Waals surface area contributed by atoms with Crippen molar-refractivity contribution in [3.8, 4) is 0 Å². The van der Waals surface area contributed by atoms with Crippen LogP contribution in [-0.2, 0) is 0 Å². The van der Waals surface area contributed by atoms with Crippen molar-refractivity contribution in [1.29, 1.82) is 0 Å². The van der Waals surface area contributed by atoms with Crippen LogP contribution in [0, 0.1) is 5.41 Å². The smallest absolute Gasteiger partial charge is 0.00876 e. The number of unbranched alkanes of at least 4 members (excludes halogenated alkanes) is 10. The molecule has 0 radical (unpaired) electrons. The lowest BCUT2D eigenvalue weighted by Gasteiger charge is -2.26. The van der Waals surface area contributed by atoms with E-state index in [9.17, 15) is 0 Å². The molecule has 0 rings (SSSR count). The average Bonchev–Trinajstić information content (AvgIpc) is 2.34. The zero-order chi connectivity index (χ0) is 14.6. The molecule has 0 saturated carbocycles. The van der Waals surface area contributed by atoms with Crippen LogP contribution in [0.2, 0.25) is 0 Å². The van der Waals surface area contributed by atoms with Crippen molar-refractivity contribution < 1.29 is 0 Å². The molecule has 2 N–H and O–H groups in total. The predicted molar refractivity (Wildman–Crippen MR) is 95.8 cm³/mol. The molecule has 0 heterocycles. The van der Waals surface area contributed by atoms with Gasteiger partial charge in [0.2, 0.25) is 0 Å². The van der Waals surface area contributed by atoms with Gasteiger partial charge in [-0.15, -0.1) is 12.4 Å². The Balaban J connectivity index is 0. The van der Waals surface area contributed by atoms with Crippen molar-refractivity contribution in [2.75, 3.05) is 0 Å². The summed E-state index contributed by atoms with van der Waals surface area (Å²) in [5.41, 5.74) is 6.45. The second kappa shape index (κ2) is 14.2. The van der Waals surface area contributed by atoms with Gasteiger partial charge in [0, 0.05) is 6.04 Å². The Hall–Kier alpha value is 0.250. The first-order valence-corrected chi connectivity index (χ1v) is 8.74. The summed E-state index contributed by atoms with van der Waals surface area (Å²) >= 11 is 0. The maximum absolute atomic E-state index is 6.17. The third kappa shape index (κ3) is 14.7. The van der Waals surface area contributed by atoms with Crippen molar-refractivity contribution in [1.82, 2.24) is 0 Å². The van der Waals surface area contributed by atoms with Crippen LogP contribution in [0.15, 0.2) is 0 Å². The van der Waals surface area contributed by atoms with Crippen molar-refractivity contribution in [2.24, 2.45) is 11.1 Å². The van der Waals surface area contributed by atoms with Crippen LogP contribution in [0.4, 0.5) is 0 Å². The zero-order valence-corrected chi connectivity index (χ0v) is 15.4. The minimum atomic E-state index is 0. The summed E-state index contributed by atoms with van der Waals surface area (Å²) in [4.78, 5) is 0. The summed E-state index contributed by atoms with van der Waals surface area (Å²) in [5, 5.41) is 0. The van der Waals surface area contributed by atoms with E-state index in [1.807, 2.05) is 0 Å². The molecule has 0 aliphatic heterocycles. The monoisotopic (exact) mass is 305 g/mol. The van der Waals surface area contributed by atoms with E-state index >= 15 is 0 Å². The van der Waals surface area contributed by atoms with Gasteiger partial charge in [0.05, 0.1) is 0 Å². The standard InChI is InChI=1S/C18H39N.ClH/c1-5-6-7-8-9-10-11-12-13-14-15-16-17(19)18(2,3)4;/h17H,5-16,19H2,1-4H3;1H. The lowest BCUT2D eigenvalue weighted by atomic mass is 9.84. The molecule has 0 amide bonds. The van der Waals surface area contributed by atoms with Crippen molar-refractivity contribution in [2.45, 2.75) is 111 Å². The molecule has 0 fully saturated rings. The highest BCUT2D eigenvalue weighted by Gasteiger charge is 2.19. The molecule has 0 saturated heterocycles. The maximum Gasteiger partial charge on any atom is 0.00876 e. The Morgan fingerprint density at radius 3 is 1.40 bits per heavy atom. The molecule has 0 bridgehead atoms. The van der Waals surface area contributed by atoms with Crippen LogP contribution in [0.5, 0.6) is 0 Å². The van der Waals surface area contributed by atoms with E-state index in [1.165, 1.54) is 77.0 Å². The van der Waals surface area contributed by atoms with Gasteiger partial charge >= 0.3 is 0 Å². The zero-order valence-electron chi connectivity index (χ0n) is 14.5. The van der Waals surface area contributed by atoms with Gasteiger partial charge in [-0.25, -0.2) is 0 Å². The molecule has 0 aromatic heterocycles. The molecule has 1 atom stereocenters. The second-order valence-electron chi connectivity index (χ2n) is 7.30. The number of nitrogens with two attached hydrogens (primary N) is 1. The van der Waals surface area contributed by atoms with Gasteiger partial charge in [0.15, 0.2) is 0 Å². The van der Waals surface area contributed by atoms with Gasteiger partial charge in [0.1, 0.15) is 0 Å². The van der Waals surface area contributed by atoms with E-state index in [1.54, 1.807) is 0 Å². The van der Waals surface area contributed by atoms with Gasteiger partial charge in [-0.2, -0.15) is 0 Å². The summed E-state index contributed by atoms with van der Waals surface area (Å²) in [5.74, 6) is 0. The predicted octanol–water partition coefficient (Wildman–Crippen LogP) is 6.48. The van der Waals surface area contributed by atoms with Crippen molar-refractivity contribution in [3.05, 3.63) is 0 Å². The van der Waals surface area contributed by atoms with Gasteiger partial charge in [0.25, 0.3) is 0 Å². The molecule has 1 nitrogen and oxygen atoms in total. The highest BCUT2D eigenvalue weighted by Crippen LogP contribution is 2.22. The Labute approximate surface area is 134 Å². The molecule has 0 aromatic carbocycles. The first kappa shape index (κ1) is 22.5. The molecule has 0 aliphatic rings. The lowest BCUT2D eigenvalue weighted by molar-refractivity contribution is 0.298. The molecule has 0 spiro atoms. The fourth-order valence-electron chi connectivity index (χ4n) is 2.46. The fourth-order valence-corrected chi connectivity index (χ4v) is 2.46. The van der Waals surface area contributed by atoms with E-state index in [0.29, 0.717) is 6.04 Å². The van der Waals surface area contributed by atoms with Crippen LogP contribution in [0.3, 0.4) is 0 Å². The van der Waals surface area contributed by atoms with E-state index < -0.39 is 0 Å². The molecular formula is C18H40ClN. The quantitative estimate of drug-likeness (QED) is 0.410. The molecule has 1 unspecified atom stereocenters. The third-order valence-electron chi connectivity index (χ3n) is 4.23. The van der Waals surface area contributed by atoms with Crippen LogP contribution in [-0.4, -0.2) is 6.04 Å². The van der Waals surface area contributed by atoms with Gasteiger partial charge in [-0.1, -0.05) is 98.3 Å². The molecule has 0 aliphatic carbocycles. The SMILES string of the molecule is CCCCCCCCCCCCCC(N)C(C)(C)C.Cl. The fraction of sp³-hybridized carbons (Fsp3) is 1.00. The minimum absolute atomic E-state index is 0. The normalized spacial score (nSPS) is 13.1. The summed E-state index contributed by atoms with van der Waals surface area (Å²) in [6.07, 6.45) is 16.7. The Bertz CT molecular complexity index is 186. The summed E-state index contributed by atoms with van der Waals surface area (Å²) < 4.78 is 0. The first-order chi connectivity index (χ1) is 8.98. The highest BCUT2D eigenvalue weighted by atomic mass is 35.5. The van der Waals surface area contributed by atoms with Crippen LogP contribution in [0.25, 0.3) is 0 Å². The van der Waals surface area contributed by atoms with Gasteiger partial charge in [-0.3, -0.25) is 0 Å². The van der Waals surface area contributed by atoms with E-state index in [4.69, 9.17) is 5.73 Å². The third-order valence-corrected chi connectivity index (χ3v) is 4.23. The van der Waals surface area contributed by atoms with E-state index in [2.05, 4.69) is 27.7 Å². The van der Waals surface area contributed by atoms with Gasteiger partial charge in [-0.05, 0) is 11.8 Å².